The summed E-state index contributed by atoms with van der Waals surface area (Å²) in [6.07, 6.45) is 44.0. The lowest BCUT2D eigenvalue weighted by Gasteiger charge is -2.42. The molecule has 2 aliphatic rings. The molecule has 0 aromatic carbocycles. The number of aliphatic hydroxyl groups is 7. The topological polar surface area (TPSA) is 231 Å². The zero-order valence-electron chi connectivity index (χ0n) is 45.9. The zero-order valence-corrected chi connectivity index (χ0v) is 45.9. The van der Waals surface area contributed by atoms with Gasteiger partial charge in [0.25, 0.3) is 0 Å². The number of hydrogen-bond donors (Lipinski definition) is 7. The van der Waals surface area contributed by atoms with Crippen LogP contribution in [0.25, 0.3) is 0 Å². The van der Waals surface area contributed by atoms with E-state index in [0.717, 1.165) is 77.0 Å². The summed E-state index contributed by atoms with van der Waals surface area (Å²) in [5.74, 6) is -1.04. The first kappa shape index (κ1) is 68.3. The van der Waals surface area contributed by atoms with Gasteiger partial charge >= 0.3 is 11.9 Å². The molecule has 2 saturated heterocycles. The van der Waals surface area contributed by atoms with Gasteiger partial charge in [-0.2, -0.15) is 0 Å². The molecule has 0 radical (unpaired) electrons. The van der Waals surface area contributed by atoms with Gasteiger partial charge in [-0.25, -0.2) is 0 Å². The Morgan fingerprint density at radius 3 is 1.34 bits per heavy atom. The van der Waals surface area contributed by atoms with E-state index in [1.54, 1.807) is 0 Å². The van der Waals surface area contributed by atoms with E-state index in [9.17, 15) is 45.3 Å². The molecule has 0 aromatic heterocycles. The molecule has 4 unspecified atom stereocenters. The van der Waals surface area contributed by atoms with Crippen LogP contribution in [0.15, 0.2) is 109 Å². The largest absolute Gasteiger partial charge is 0.462 e. The first-order valence-corrected chi connectivity index (χ1v) is 28.5. The van der Waals surface area contributed by atoms with Crippen LogP contribution in [0, 0.1) is 0 Å². The number of carbonyl (C=O) groups is 2. The summed E-state index contributed by atoms with van der Waals surface area (Å²) >= 11 is 0. The highest BCUT2D eigenvalue weighted by molar-refractivity contribution is 5.70. The molecule has 0 spiro atoms. The van der Waals surface area contributed by atoms with Gasteiger partial charge in [0.1, 0.15) is 55.4 Å². The third kappa shape index (κ3) is 32.8. The first-order chi connectivity index (χ1) is 37.0. The maximum Gasteiger partial charge on any atom is 0.306 e. The highest BCUT2D eigenvalue weighted by atomic mass is 16.7. The van der Waals surface area contributed by atoms with Crippen LogP contribution in [0.1, 0.15) is 168 Å². The molecule has 2 fully saturated rings. The second-order valence-electron chi connectivity index (χ2n) is 19.4. The molecule has 15 heteroatoms. The van der Waals surface area contributed by atoms with Crippen molar-refractivity contribution in [2.75, 3.05) is 26.4 Å². The Bertz CT molecular complexity index is 1730. The predicted molar refractivity (Wildman–Crippen MR) is 298 cm³/mol. The van der Waals surface area contributed by atoms with Crippen molar-refractivity contribution in [1.29, 1.82) is 0 Å². The van der Waals surface area contributed by atoms with E-state index in [-0.39, 0.29) is 19.4 Å². The Morgan fingerprint density at radius 2 is 0.842 bits per heavy atom. The zero-order chi connectivity index (χ0) is 55.3. The minimum absolute atomic E-state index is 0.107. The number of carbonyl (C=O) groups excluding carboxylic acids is 2. The smallest absolute Gasteiger partial charge is 0.306 e. The van der Waals surface area contributed by atoms with Gasteiger partial charge in [0.15, 0.2) is 18.7 Å². The van der Waals surface area contributed by atoms with Crippen LogP contribution in [0.3, 0.4) is 0 Å². The fraction of sp³-hybridized carbons (Fsp3) is 0.672. The van der Waals surface area contributed by atoms with E-state index in [2.05, 4.69) is 117 Å². The summed E-state index contributed by atoms with van der Waals surface area (Å²) in [7, 11) is 0. The van der Waals surface area contributed by atoms with Gasteiger partial charge in [-0.05, 0) is 96.3 Å². The molecule has 11 atom stereocenters. The van der Waals surface area contributed by atoms with E-state index in [1.807, 2.05) is 6.08 Å². The number of esters is 2. The molecule has 0 aromatic rings. The standard InChI is InChI=1S/C61H98O15/c1-3-5-7-9-11-13-15-17-19-21-23-24-26-27-29-31-33-35-37-39-41-43-52(63)71-46-49(74-53(64)44-42-40-38-36-34-32-30-28-25-22-20-18-16-14-12-10-8-6-4-2)47-72-60-59(70)57(68)55(66)51(76-60)48-73-61-58(69)56(67)54(65)50(45-62)75-61/h6,8,12,14,18-21,24-26,28-29,31-32,34-35,37,49-51,54-62,65-70H,3-5,7,9-11,13,15-17,22-23,27,30,33,36,38-48H2,1-2H3/b8-6+,14-12+,20-18+,21-19+,26-24+,28-25+,31-29+,34-32+,37-35+/t49-,50+,51+,54-,55-,56?,57?,58?,59?,60+,61+/m0/s1. The van der Waals surface area contributed by atoms with Crippen molar-refractivity contribution in [2.45, 2.75) is 235 Å². The molecule has 2 rings (SSSR count). The fourth-order valence-corrected chi connectivity index (χ4v) is 8.12. The van der Waals surface area contributed by atoms with Crippen molar-refractivity contribution in [3.63, 3.8) is 0 Å². The SMILES string of the molecule is CC/C=C/C/C=C/C/C=C/C/C=C/C/C=C/CCCCCC(=O)O[C@@H](COC(=O)CCC/C=C/C/C=C/C/C=C/C/C=C/CCCCCCCCC)CO[C@@H]1O[C@H](CO[C@@H]2O[C@H](CO)[C@H](O)C(O)C2O)[C@H](O)C(O)C1O. The molecule has 0 saturated carbocycles. The third-order valence-corrected chi connectivity index (χ3v) is 12.7. The van der Waals surface area contributed by atoms with Crippen molar-refractivity contribution in [1.82, 2.24) is 0 Å². The van der Waals surface area contributed by atoms with Crippen LogP contribution in [-0.2, 0) is 38.0 Å². The minimum atomic E-state index is -1.79. The summed E-state index contributed by atoms with van der Waals surface area (Å²) in [6, 6.07) is 0. The third-order valence-electron chi connectivity index (χ3n) is 12.7. The van der Waals surface area contributed by atoms with Gasteiger partial charge in [0.2, 0.25) is 0 Å². The molecule has 0 bridgehead atoms. The summed E-state index contributed by atoms with van der Waals surface area (Å²) in [6.45, 7) is 2.37. The minimum Gasteiger partial charge on any atom is -0.462 e. The van der Waals surface area contributed by atoms with Crippen LogP contribution in [0.2, 0.25) is 0 Å². The highest BCUT2D eigenvalue weighted by Gasteiger charge is 2.47. The molecular formula is C61H98O15. The van der Waals surface area contributed by atoms with E-state index >= 15 is 0 Å². The van der Waals surface area contributed by atoms with Crippen molar-refractivity contribution >= 4 is 11.9 Å². The summed E-state index contributed by atoms with van der Waals surface area (Å²) < 4.78 is 33.6. The Labute approximate surface area is 455 Å². The van der Waals surface area contributed by atoms with Crippen LogP contribution in [0.5, 0.6) is 0 Å². The normalized spacial score (nSPS) is 25.2. The molecule has 15 nitrogen and oxygen atoms in total. The van der Waals surface area contributed by atoms with Gasteiger partial charge in [0, 0.05) is 12.8 Å². The molecule has 76 heavy (non-hydrogen) atoms. The first-order valence-electron chi connectivity index (χ1n) is 28.5. The van der Waals surface area contributed by atoms with Crippen LogP contribution in [0.4, 0.5) is 0 Å². The highest BCUT2D eigenvalue weighted by Crippen LogP contribution is 2.26. The number of rotatable bonds is 43. The Morgan fingerprint density at radius 1 is 0.434 bits per heavy atom. The van der Waals surface area contributed by atoms with Gasteiger partial charge < -0.3 is 64.2 Å². The van der Waals surface area contributed by atoms with Crippen LogP contribution < -0.4 is 0 Å². The van der Waals surface area contributed by atoms with E-state index in [0.29, 0.717) is 19.3 Å². The molecular weight excluding hydrogens is 973 g/mol. The van der Waals surface area contributed by atoms with E-state index in [4.69, 9.17) is 28.4 Å². The fourth-order valence-electron chi connectivity index (χ4n) is 8.12. The maximum atomic E-state index is 13.0. The number of hydrogen-bond acceptors (Lipinski definition) is 15. The van der Waals surface area contributed by atoms with Crippen molar-refractivity contribution in [2.24, 2.45) is 0 Å². The molecule has 432 valence electrons. The molecule has 2 heterocycles. The maximum absolute atomic E-state index is 13.0. The van der Waals surface area contributed by atoms with Crippen molar-refractivity contribution in [3.8, 4) is 0 Å². The lowest BCUT2D eigenvalue weighted by atomic mass is 9.98. The van der Waals surface area contributed by atoms with Crippen molar-refractivity contribution in [3.05, 3.63) is 109 Å². The number of unbranched alkanes of at least 4 members (excludes halogenated alkanes) is 11. The lowest BCUT2D eigenvalue weighted by Crippen LogP contribution is -2.61. The van der Waals surface area contributed by atoms with Crippen LogP contribution >= 0.6 is 0 Å². The average Bonchev–Trinajstić information content (AvgIpc) is 3.41. The average molecular weight is 1070 g/mol. The summed E-state index contributed by atoms with van der Waals surface area (Å²) in [4.78, 5) is 25.8. The van der Waals surface area contributed by atoms with Crippen molar-refractivity contribution < 1.29 is 73.8 Å². The van der Waals surface area contributed by atoms with Gasteiger partial charge in [-0.1, -0.05) is 168 Å². The Balaban J connectivity index is 1.82. The molecule has 2 aliphatic heterocycles. The Kier molecular flexibility index (Phi) is 41.4. The van der Waals surface area contributed by atoms with E-state index < -0.39 is 99.3 Å². The van der Waals surface area contributed by atoms with Crippen LogP contribution in [-0.4, -0.2) is 142 Å². The second-order valence-corrected chi connectivity index (χ2v) is 19.4. The van der Waals surface area contributed by atoms with E-state index in [1.165, 1.54) is 44.9 Å². The van der Waals surface area contributed by atoms with Gasteiger partial charge in [-0.15, -0.1) is 0 Å². The Hall–Kier alpha value is -3.84. The lowest BCUT2D eigenvalue weighted by molar-refractivity contribution is -0.332. The number of allylic oxidation sites excluding steroid dienone is 18. The number of aliphatic hydroxyl groups excluding tert-OH is 7. The molecule has 0 aliphatic carbocycles. The second kappa shape index (κ2) is 46.1. The predicted octanol–water partition coefficient (Wildman–Crippen LogP) is 9.49. The van der Waals surface area contributed by atoms with Gasteiger partial charge in [-0.3, -0.25) is 9.59 Å². The number of ether oxygens (including phenoxy) is 6. The van der Waals surface area contributed by atoms with Gasteiger partial charge in [0.05, 0.1) is 19.8 Å². The quantitative estimate of drug-likeness (QED) is 0.0171. The molecule has 0 amide bonds. The summed E-state index contributed by atoms with van der Waals surface area (Å²) in [5, 5.41) is 72.3. The molecule has 7 N–H and O–H groups in total. The summed E-state index contributed by atoms with van der Waals surface area (Å²) in [5.41, 5.74) is 0. The monoisotopic (exact) mass is 1070 g/mol.